The number of amides is 2. The molecule has 0 saturated heterocycles. The minimum atomic E-state index is -0.961. The summed E-state index contributed by atoms with van der Waals surface area (Å²) in [5.41, 5.74) is 7.35. The first-order chi connectivity index (χ1) is 15.4. The molecular formula is C23H24F2N6O. The average molecular weight is 438 g/mol. The zero-order valence-electron chi connectivity index (χ0n) is 17.6. The number of anilines is 1. The van der Waals surface area contributed by atoms with Gasteiger partial charge >= 0.3 is 6.03 Å². The molecule has 0 aliphatic heterocycles. The number of hydrogen-bond donors (Lipinski definition) is 2. The van der Waals surface area contributed by atoms with E-state index in [1.807, 2.05) is 30.3 Å². The SMILES string of the molecule is CN(Cc1ccc(-c2ccc(NCC3(c4ncccc4F)CC(F)C3)nn2)cc1)C(N)=O. The van der Waals surface area contributed by atoms with Crippen LogP contribution in [0.5, 0.6) is 0 Å². The van der Waals surface area contributed by atoms with Crippen molar-refractivity contribution in [2.24, 2.45) is 5.73 Å². The van der Waals surface area contributed by atoms with Gasteiger partial charge in [0.15, 0.2) is 0 Å². The first-order valence-electron chi connectivity index (χ1n) is 10.3. The molecule has 0 bridgehead atoms. The van der Waals surface area contributed by atoms with Gasteiger partial charge in [0.1, 0.15) is 17.8 Å². The molecule has 1 saturated carbocycles. The fourth-order valence-electron chi connectivity index (χ4n) is 3.96. The molecule has 0 spiro atoms. The highest BCUT2D eigenvalue weighted by molar-refractivity contribution is 5.71. The van der Waals surface area contributed by atoms with Crippen LogP contribution in [0, 0.1) is 5.82 Å². The van der Waals surface area contributed by atoms with Crippen LogP contribution >= 0.6 is 0 Å². The molecule has 9 heteroatoms. The Balaban J connectivity index is 1.42. The Labute approximate surface area is 184 Å². The van der Waals surface area contributed by atoms with Crippen LogP contribution in [-0.4, -0.2) is 45.9 Å². The van der Waals surface area contributed by atoms with Crippen LogP contribution in [0.2, 0.25) is 0 Å². The summed E-state index contributed by atoms with van der Waals surface area (Å²) in [4.78, 5) is 16.7. The minimum Gasteiger partial charge on any atom is -0.368 e. The standard InChI is InChI=1S/C23H24F2N6O/c1-31(22(26)32)13-15-4-6-16(7-5-15)19-8-9-20(30-29-19)28-14-23(11-17(24)12-23)21-18(25)3-2-10-27-21/h2-10,17H,11-14H2,1H3,(H2,26,32)(H,28,30). The summed E-state index contributed by atoms with van der Waals surface area (Å²) < 4.78 is 28.0. The largest absolute Gasteiger partial charge is 0.368 e. The summed E-state index contributed by atoms with van der Waals surface area (Å²) in [6.07, 6.45) is 1.00. The van der Waals surface area contributed by atoms with Gasteiger partial charge in [-0.1, -0.05) is 24.3 Å². The number of nitrogens with zero attached hydrogens (tertiary/aromatic N) is 4. The van der Waals surface area contributed by atoms with Crippen molar-refractivity contribution in [3.63, 3.8) is 0 Å². The lowest BCUT2D eigenvalue weighted by Crippen LogP contribution is -2.49. The molecule has 3 N–H and O–H groups in total. The molecule has 1 aromatic carbocycles. The van der Waals surface area contributed by atoms with E-state index in [1.54, 1.807) is 13.1 Å². The lowest BCUT2D eigenvalue weighted by Gasteiger charge is -2.44. The van der Waals surface area contributed by atoms with E-state index in [-0.39, 0.29) is 18.5 Å². The van der Waals surface area contributed by atoms with E-state index in [9.17, 15) is 13.6 Å². The van der Waals surface area contributed by atoms with E-state index in [1.165, 1.54) is 23.2 Å². The van der Waals surface area contributed by atoms with Gasteiger partial charge < -0.3 is 16.0 Å². The maximum absolute atomic E-state index is 14.3. The molecule has 0 unspecified atom stereocenters. The molecule has 2 aromatic heterocycles. The minimum absolute atomic E-state index is 0.219. The Morgan fingerprint density at radius 3 is 2.53 bits per heavy atom. The van der Waals surface area contributed by atoms with Gasteiger partial charge in [0.2, 0.25) is 0 Å². The number of urea groups is 1. The second-order valence-electron chi connectivity index (χ2n) is 8.17. The van der Waals surface area contributed by atoms with E-state index < -0.39 is 23.4 Å². The predicted octanol–water partition coefficient (Wildman–Crippen LogP) is 3.67. The van der Waals surface area contributed by atoms with Crippen LogP contribution in [-0.2, 0) is 12.0 Å². The van der Waals surface area contributed by atoms with E-state index in [0.717, 1.165) is 11.1 Å². The van der Waals surface area contributed by atoms with Crippen LogP contribution in [0.25, 0.3) is 11.3 Å². The van der Waals surface area contributed by atoms with Crippen molar-refractivity contribution >= 4 is 11.8 Å². The summed E-state index contributed by atoms with van der Waals surface area (Å²) >= 11 is 0. The number of halogens is 2. The Morgan fingerprint density at radius 1 is 1.19 bits per heavy atom. The van der Waals surface area contributed by atoms with Crippen molar-refractivity contribution in [3.8, 4) is 11.3 Å². The Bertz CT molecular complexity index is 1080. The highest BCUT2D eigenvalue weighted by Gasteiger charge is 2.48. The second-order valence-corrected chi connectivity index (χ2v) is 8.17. The third kappa shape index (κ3) is 4.51. The Hall–Kier alpha value is -3.62. The summed E-state index contributed by atoms with van der Waals surface area (Å²) in [7, 11) is 1.64. The van der Waals surface area contributed by atoms with Crippen molar-refractivity contribution < 1.29 is 13.6 Å². The maximum atomic E-state index is 14.3. The Morgan fingerprint density at radius 2 is 1.94 bits per heavy atom. The second kappa shape index (κ2) is 8.86. The number of benzene rings is 1. The van der Waals surface area contributed by atoms with E-state index >= 15 is 0 Å². The molecule has 1 fully saturated rings. The van der Waals surface area contributed by atoms with Crippen LogP contribution in [0.15, 0.2) is 54.7 Å². The van der Waals surface area contributed by atoms with Crippen LogP contribution in [0.1, 0.15) is 24.1 Å². The quantitative estimate of drug-likeness (QED) is 0.587. The number of pyridine rings is 1. The average Bonchev–Trinajstić information content (AvgIpc) is 2.77. The monoisotopic (exact) mass is 438 g/mol. The van der Waals surface area contributed by atoms with Gasteiger partial charge in [0, 0.05) is 37.3 Å². The highest BCUT2D eigenvalue weighted by Crippen LogP contribution is 2.45. The van der Waals surface area contributed by atoms with Crippen LogP contribution in [0.4, 0.5) is 19.4 Å². The smallest absolute Gasteiger partial charge is 0.314 e. The number of carbonyl (C=O) groups excluding carboxylic acids is 1. The molecule has 0 radical (unpaired) electrons. The van der Waals surface area contributed by atoms with Crippen molar-refractivity contribution in [2.45, 2.75) is 31.0 Å². The molecule has 166 valence electrons. The van der Waals surface area contributed by atoms with Gasteiger partial charge in [0.05, 0.1) is 11.4 Å². The number of primary amides is 1. The summed E-state index contributed by atoms with van der Waals surface area (Å²) in [5.74, 6) is 0.0968. The van der Waals surface area contributed by atoms with Crippen molar-refractivity contribution in [3.05, 3.63) is 71.8 Å². The molecule has 1 aliphatic rings. The first-order valence-corrected chi connectivity index (χ1v) is 10.3. The Kier molecular flexibility index (Phi) is 5.98. The molecule has 1 aliphatic carbocycles. The third-order valence-corrected chi connectivity index (χ3v) is 5.80. The lowest BCUT2D eigenvalue weighted by atomic mass is 9.65. The van der Waals surface area contributed by atoms with Gasteiger partial charge in [-0.25, -0.2) is 13.6 Å². The molecule has 0 atom stereocenters. The molecule has 2 amide bonds. The summed E-state index contributed by atoms with van der Waals surface area (Å²) in [5, 5.41) is 11.6. The maximum Gasteiger partial charge on any atom is 0.314 e. The van der Waals surface area contributed by atoms with Gasteiger partial charge in [-0.15, -0.1) is 10.2 Å². The normalized spacial score (nSPS) is 19.8. The molecule has 32 heavy (non-hydrogen) atoms. The van der Waals surface area contributed by atoms with Gasteiger partial charge in [-0.3, -0.25) is 4.98 Å². The third-order valence-electron chi connectivity index (χ3n) is 5.80. The fourth-order valence-corrected chi connectivity index (χ4v) is 3.96. The van der Waals surface area contributed by atoms with Gasteiger partial charge in [0.25, 0.3) is 0 Å². The van der Waals surface area contributed by atoms with Crippen LogP contribution < -0.4 is 11.1 Å². The number of nitrogens with two attached hydrogens (primary N) is 1. The number of nitrogens with one attached hydrogen (secondary N) is 1. The van der Waals surface area contributed by atoms with E-state index in [0.29, 0.717) is 24.6 Å². The molecular weight excluding hydrogens is 414 g/mol. The number of rotatable bonds is 7. The van der Waals surface area contributed by atoms with Crippen molar-refractivity contribution in [2.75, 3.05) is 18.9 Å². The summed E-state index contributed by atoms with van der Waals surface area (Å²) in [6, 6.07) is 13.6. The number of hydrogen-bond acceptors (Lipinski definition) is 5. The number of carbonyl (C=O) groups is 1. The summed E-state index contributed by atoms with van der Waals surface area (Å²) in [6.45, 7) is 0.736. The van der Waals surface area contributed by atoms with Gasteiger partial charge in [-0.2, -0.15) is 0 Å². The topological polar surface area (TPSA) is 97.0 Å². The zero-order valence-corrected chi connectivity index (χ0v) is 17.6. The number of aromatic nitrogens is 3. The van der Waals surface area contributed by atoms with Crippen LogP contribution in [0.3, 0.4) is 0 Å². The van der Waals surface area contributed by atoms with Crippen molar-refractivity contribution in [1.82, 2.24) is 20.1 Å². The van der Waals surface area contributed by atoms with Gasteiger partial charge in [-0.05, 0) is 42.7 Å². The highest BCUT2D eigenvalue weighted by atomic mass is 19.1. The lowest BCUT2D eigenvalue weighted by molar-refractivity contribution is 0.0964. The molecule has 2 heterocycles. The van der Waals surface area contributed by atoms with E-state index in [4.69, 9.17) is 5.73 Å². The first kappa shape index (κ1) is 21.6. The molecule has 7 nitrogen and oxygen atoms in total. The van der Waals surface area contributed by atoms with E-state index in [2.05, 4.69) is 20.5 Å². The molecule has 4 rings (SSSR count). The number of alkyl halides is 1. The fraction of sp³-hybridized carbons (Fsp3) is 0.304. The zero-order chi connectivity index (χ0) is 22.7. The predicted molar refractivity (Wildman–Crippen MR) is 117 cm³/mol. The van der Waals surface area contributed by atoms with Crippen molar-refractivity contribution in [1.29, 1.82) is 0 Å². The molecule has 3 aromatic rings.